The van der Waals surface area contributed by atoms with Gasteiger partial charge in [-0.05, 0) is 32.0 Å². The molecule has 0 aliphatic rings. The minimum atomic E-state index is -1.33. The molecule has 1 unspecified atom stereocenters. The van der Waals surface area contributed by atoms with Gasteiger partial charge in [0.15, 0.2) is 11.5 Å². The second kappa shape index (κ2) is 10.0. The van der Waals surface area contributed by atoms with Gasteiger partial charge in [0.25, 0.3) is 0 Å². The Labute approximate surface area is 202 Å². The van der Waals surface area contributed by atoms with Gasteiger partial charge in [-0.1, -0.05) is 18.2 Å². The summed E-state index contributed by atoms with van der Waals surface area (Å²) in [6.45, 7) is 3.73. The van der Waals surface area contributed by atoms with Gasteiger partial charge in [0.2, 0.25) is 0 Å². The van der Waals surface area contributed by atoms with Crippen LogP contribution in [-0.4, -0.2) is 46.4 Å². The van der Waals surface area contributed by atoms with Gasteiger partial charge in [-0.3, -0.25) is 4.21 Å². The van der Waals surface area contributed by atoms with E-state index in [0.29, 0.717) is 27.9 Å². The van der Waals surface area contributed by atoms with Crippen molar-refractivity contribution in [2.45, 2.75) is 25.1 Å². The van der Waals surface area contributed by atoms with Gasteiger partial charge in [-0.25, -0.2) is 28.8 Å². The van der Waals surface area contributed by atoms with Crippen molar-refractivity contribution in [3.05, 3.63) is 59.5 Å². The van der Waals surface area contributed by atoms with E-state index in [-0.39, 0.29) is 29.8 Å². The fourth-order valence-electron chi connectivity index (χ4n) is 3.44. The van der Waals surface area contributed by atoms with Crippen molar-refractivity contribution in [1.82, 2.24) is 24.7 Å². The molecule has 4 aromatic rings. The second-order valence-electron chi connectivity index (χ2n) is 7.97. The number of pyridine rings is 1. The Morgan fingerprint density at radius 1 is 1.14 bits per heavy atom. The van der Waals surface area contributed by atoms with Gasteiger partial charge >= 0.3 is 6.09 Å². The third-order valence-corrected chi connectivity index (χ3v) is 6.92. The number of halogens is 1. The van der Waals surface area contributed by atoms with E-state index >= 15 is 0 Å². The Hall–Kier alpha value is -4.13. The smallest absolute Gasteiger partial charge is 0.402 e. The number of rotatable bonds is 5. The molecule has 1 atom stereocenters. The summed E-state index contributed by atoms with van der Waals surface area (Å²) in [5.41, 5.74) is 18.4. The molecule has 11 nitrogen and oxygen atoms in total. The van der Waals surface area contributed by atoms with Gasteiger partial charge < -0.3 is 22.3 Å². The van der Waals surface area contributed by atoms with Gasteiger partial charge in [-0.2, -0.15) is 5.10 Å². The maximum atomic E-state index is 14.2. The number of anilines is 2. The number of nitrogens with two attached hydrogens (primary N) is 3. The van der Waals surface area contributed by atoms with E-state index in [1.54, 1.807) is 55.2 Å². The molecule has 3 heterocycles. The number of hydrogen-bond donors (Lipinski definition) is 4. The largest absolute Gasteiger partial charge is 0.465 e. The predicted molar refractivity (Wildman–Crippen MR) is 132 cm³/mol. The Bertz CT molecular complexity index is 1400. The summed E-state index contributed by atoms with van der Waals surface area (Å²) in [7, 11) is -1.25. The first-order chi connectivity index (χ1) is 16.4. The van der Waals surface area contributed by atoms with Crippen molar-refractivity contribution in [3.8, 4) is 11.5 Å². The molecule has 4 rings (SSSR count). The van der Waals surface area contributed by atoms with Crippen LogP contribution >= 0.6 is 0 Å². The Kier molecular flexibility index (Phi) is 7.29. The van der Waals surface area contributed by atoms with Crippen LogP contribution in [0.3, 0.4) is 0 Å². The zero-order valence-corrected chi connectivity index (χ0v) is 20.1. The quantitative estimate of drug-likeness (QED) is 0.319. The fourth-order valence-corrected chi connectivity index (χ4v) is 3.93. The average molecular weight is 501 g/mol. The van der Waals surface area contributed by atoms with E-state index in [4.69, 9.17) is 21.4 Å². The third kappa shape index (κ3) is 5.35. The molecule has 0 bridgehead atoms. The van der Waals surface area contributed by atoms with Gasteiger partial charge in [0.1, 0.15) is 23.1 Å². The molecule has 0 saturated heterocycles. The number of aromatic nitrogens is 5. The molecule has 184 valence electrons. The second-order valence-corrected chi connectivity index (χ2v) is 9.90. The maximum absolute atomic E-state index is 14.2. The van der Waals surface area contributed by atoms with E-state index in [1.807, 2.05) is 6.07 Å². The molecule has 35 heavy (non-hydrogen) atoms. The maximum Gasteiger partial charge on any atom is 0.402 e. The number of amides is 1. The zero-order valence-electron chi connectivity index (χ0n) is 19.3. The minimum Gasteiger partial charge on any atom is -0.465 e. The van der Waals surface area contributed by atoms with Crippen LogP contribution in [0.15, 0.2) is 42.6 Å². The number of primary amides is 1. The van der Waals surface area contributed by atoms with Crippen LogP contribution in [-0.2, 0) is 22.1 Å². The van der Waals surface area contributed by atoms with Crippen molar-refractivity contribution in [2.75, 3.05) is 17.7 Å². The number of carbonyl (C=O) groups is 1. The standard InChI is InChI=1S/C21H22FN7OS.CH3NO2/c1-21(2,31(3)30)15-17(23)26-19(27-18(15)24)16-13-8-6-10-25-20(13)29(28-16)11-12-7-4-5-9-14(12)22;2-1(3)4/h4-10H,11H2,1-3H3,(H4,23,24,26,27);2H2,(H,3,4). The summed E-state index contributed by atoms with van der Waals surface area (Å²) >= 11 is 0. The van der Waals surface area contributed by atoms with Gasteiger partial charge in [-0.15, -0.1) is 0 Å². The summed E-state index contributed by atoms with van der Waals surface area (Å²) in [5.74, 6) is 0.182. The van der Waals surface area contributed by atoms with Crippen LogP contribution in [0.2, 0.25) is 0 Å². The van der Waals surface area contributed by atoms with Crippen molar-refractivity contribution in [3.63, 3.8) is 0 Å². The lowest BCUT2D eigenvalue weighted by atomic mass is 10.0. The Morgan fingerprint density at radius 2 is 1.74 bits per heavy atom. The van der Waals surface area contributed by atoms with E-state index in [9.17, 15) is 8.60 Å². The van der Waals surface area contributed by atoms with E-state index < -0.39 is 21.6 Å². The van der Waals surface area contributed by atoms with Crippen molar-refractivity contribution in [2.24, 2.45) is 5.73 Å². The van der Waals surface area contributed by atoms with Crippen LogP contribution in [0.25, 0.3) is 22.6 Å². The topological polar surface area (TPSA) is 189 Å². The zero-order chi connectivity index (χ0) is 25.9. The molecule has 0 saturated carbocycles. The summed E-state index contributed by atoms with van der Waals surface area (Å²) in [4.78, 5) is 22.0. The molecule has 3 aromatic heterocycles. The highest BCUT2D eigenvalue weighted by atomic mass is 32.2. The number of benzene rings is 1. The Morgan fingerprint density at radius 3 is 2.31 bits per heavy atom. The first-order valence-electron chi connectivity index (χ1n) is 10.2. The van der Waals surface area contributed by atoms with E-state index in [0.717, 1.165) is 0 Å². The highest BCUT2D eigenvalue weighted by Gasteiger charge is 2.32. The van der Waals surface area contributed by atoms with Crippen molar-refractivity contribution < 1.29 is 18.5 Å². The highest BCUT2D eigenvalue weighted by molar-refractivity contribution is 7.85. The fraction of sp³-hybridized carbons (Fsp3) is 0.227. The number of carboxylic acid groups (broad SMARTS) is 1. The number of fused-ring (bicyclic) bond motifs is 1. The van der Waals surface area contributed by atoms with E-state index in [1.165, 1.54) is 6.07 Å². The molecule has 1 amide bonds. The summed E-state index contributed by atoms with van der Waals surface area (Å²) < 4.78 is 27.2. The molecule has 0 fully saturated rings. The lowest BCUT2D eigenvalue weighted by Gasteiger charge is -2.24. The van der Waals surface area contributed by atoms with Crippen LogP contribution in [0.1, 0.15) is 25.0 Å². The summed E-state index contributed by atoms with van der Waals surface area (Å²) in [5, 5.41) is 12.5. The molecule has 0 spiro atoms. The highest BCUT2D eigenvalue weighted by Crippen LogP contribution is 2.36. The van der Waals surface area contributed by atoms with E-state index in [2.05, 4.69) is 25.8 Å². The van der Waals surface area contributed by atoms with Crippen LogP contribution in [0.4, 0.5) is 20.8 Å². The monoisotopic (exact) mass is 500 g/mol. The minimum absolute atomic E-state index is 0.142. The number of nitrogen functional groups attached to an aromatic ring is 2. The molecule has 0 aliphatic carbocycles. The van der Waals surface area contributed by atoms with Gasteiger partial charge in [0.05, 0.1) is 22.2 Å². The lowest BCUT2D eigenvalue weighted by molar-refractivity contribution is 0.205. The molecule has 0 radical (unpaired) electrons. The first-order valence-corrected chi connectivity index (χ1v) is 11.8. The van der Waals surface area contributed by atoms with Crippen molar-refractivity contribution in [1.29, 1.82) is 0 Å². The SMILES string of the molecule is CS(=O)C(C)(C)c1c(N)nc(-c2nn(Cc3ccccc3F)c3ncccc23)nc1N.NC(=O)O. The van der Waals surface area contributed by atoms with Gasteiger partial charge in [0, 0.05) is 28.8 Å². The number of nitrogens with zero attached hydrogens (tertiary/aromatic N) is 5. The first kappa shape index (κ1) is 25.5. The molecular formula is C22H25FN8O3S. The van der Waals surface area contributed by atoms with Crippen LogP contribution < -0.4 is 17.2 Å². The van der Waals surface area contributed by atoms with Crippen LogP contribution in [0, 0.1) is 5.82 Å². The molecule has 1 aromatic carbocycles. The summed E-state index contributed by atoms with van der Waals surface area (Å²) in [6, 6.07) is 10.1. The van der Waals surface area contributed by atoms with Crippen LogP contribution in [0.5, 0.6) is 0 Å². The lowest BCUT2D eigenvalue weighted by Crippen LogP contribution is -2.27. The molecule has 13 heteroatoms. The molecular weight excluding hydrogens is 475 g/mol. The average Bonchev–Trinajstić information content (AvgIpc) is 3.13. The number of hydrogen-bond acceptors (Lipinski definition) is 8. The third-order valence-electron chi connectivity index (χ3n) is 5.28. The van der Waals surface area contributed by atoms with Crippen molar-refractivity contribution >= 4 is 39.6 Å². The normalized spacial score (nSPS) is 12.1. The Balaban J connectivity index is 0.000000795. The molecule has 0 aliphatic heterocycles. The predicted octanol–water partition coefficient (Wildman–Crippen LogP) is 2.48. The summed E-state index contributed by atoms with van der Waals surface area (Å²) in [6.07, 6.45) is 1.88. The molecule has 7 N–H and O–H groups in total.